The van der Waals surface area contributed by atoms with Crippen molar-refractivity contribution in [1.29, 1.82) is 0 Å². The molecular formula is C15H20O5S. The van der Waals surface area contributed by atoms with E-state index in [-0.39, 0.29) is 11.9 Å². The number of hydrogen-bond donors (Lipinski definition) is 0. The molecular weight excluding hydrogens is 292 g/mol. The molecule has 0 radical (unpaired) electrons. The van der Waals surface area contributed by atoms with Gasteiger partial charge < -0.3 is 9.47 Å². The Morgan fingerprint density at radius 1 is 1.43 bits per heavy atom. The average molecular weight is 312 g/mol. The third kappa shape index (κ3) is 4.28. The van der Waals surface area contributed by atoms with Gasteiger partial charge in [-0.25, -0.2) is 8.42 Å². The molecule has 0 amide bonds. The molecule has 0 N–H and O–H groups in total. The molecule has 0 saturated carbocycles. The smallest absolute Gasteiger partial charge is 0.181 e. The van der Waals surface area contributed by atoms with Crippen molar-refractivity contribution >= 4 is 15.6 Å². The highest BCUT2D eigenvalue weighted by atomic mass is 32.2. The lowest BCUT2D eigenvalue weighted by atomic mass is 10.1. The first-order valence-electron chi connectivity index (χ1n) is 6.91. The molecule has 1 aromatic rings. The van der Waals surface area contributed by atoms with E-state index in [0.717, 1.165) is 18.4 Å². The van der Waals surface area contributed by atoms with Crippen LogP contribution >= 0.6 is 0 Å². The minimum Gasteiger partial charge on any atom is -0.496 e. The number of carbonyl (C=O) groups excluding carboxylic acids is 1. The van der Waals surface area contributed by atoms with Crippen molar-refractivity contribution in [2.45, 2.75) is 25.9 Å². The fraction of sp³-hybridized carbons (Fsp3) is 0.533. The van der Waals surface area contributed by atoms with Crippen LogP contribution in [0.1, 0.15) is 28.8 Å². The van der Waals surface area contributed by atoms with Gasteiger partial charge in [0, 0.05) is 6.61 Å². The summed E-state index contributed by atoms with van der Waals surface area (Å²) in [5.74, 6) is -0.628. The van der Waals surface area contributed by atoms with E-state index in [9.17, 15) is 13.2 Å². The van der Waals surface area contributed by atoms with Gasteiger partial charge in [0.15, 0.2) is 15.6 Å². The monoisotopic (exact) mass is 312 g/mol. The number of aryl methyl sites for hydroxylation is 1. The quantitative estimate of drug-likeness (QED) is 0.749. The third-order valence-corrected chi connectivity index (χ3v) is 5.05. The molecule has 6 heteroatoms. The molecule has 5 nitrogen and oxygen atoms in total. The Morgan fingerprint density at radius 3 is 2.81 bits per heavy atom. The Bertz CT molecular complexity index is 615. The predicted molar refractivity (Wildman–Crippen MR) is 79.7 cm³/mol. The topological polar surface area (TPSA) is 69.7 Å². The van der Waals surface area contributed by atoms with E-state index in [1.807, 2.05) is 6.92 Å². The first-order chi connectivity index (χ1) is 9.91. The van der Waals surface area contributed by atoms with Crippen LogP contribution in [0, 0.1) is 6.92 Å². The Labute approximate surface area is 125 Å². The highest BCUT2D eigenvalue weighted by molar-refractivity contribution is 7.92. The van der Waals surface area contributed by atoms with E-state index in [1.165, 1.54) is 7.11 Å². The average Bonchev–Trinajstić information content (AvgIpc) is 2.89. The lowest BCUT2D eigenvalue weighted by Gasteiger charge is -2.11. The SMILES string of the molecule is COc1cc(C)ccc1C(=O)CS(=O)(=O)CC1CCCO1. The Kier molecular flexibility index (Phi) is 5.00. The van der Waals surface area contributed by atoms with E-state index in [4.69, 9.17) is 9.47 Å². The van der Waals surface area contributed by atoms with Gasteiger partial charge in [0.1, 0.15) is 11.5 Å². The number of carbonyl (C=O) groups is 1. The summed E-state index contributed by atoms with van der Waals surface area (Å²) in [6.45, 7) is 2.48. The van der Waals surface area contributed by atoms with Crippen LogP contribution in [0.5, 0.6) is 5.75 Å². The first-order valence-corrected chi connectivity index (χ1v) is 8.73. The van der Waals surface area contributed by atoms with E-state index in [2.05, 4.69) is 0 Å². The summed E-state index contributed by atoms with van der Waals surface area (Å²) in [7, 11) is -2.01. The van der Waals surface area contributed by atoms with E-state index in [1.54, 1.807) is 18.2 Å². The van der Waals surface area contributed by atoms with Gasteiger partial charge in [-0.2, -0.15) is 0 Å². The van der Waals surface area contributed by atoms with Gasteiger partial charge in [-0.15, -0.1) is 0 Å². The van der Waals surface area contributed by atoms with Crippen molar-refractivity contribution in [3.8, 4) is 5.75 Å². The van der Waals surface area contributed by atoms with Crippen LogP contribution in [0.25, 0.3) is 0 Å². The number of rotatable bonds is 6. The molecule has 1 aliphatic rings. The number of methoxy groups -OCH3 is 1. The summed E-state index contributed by atoms with van der Waals surface area (Å²) in [5.41, 5.74) is 1.25. The molecule has 21 heavy (non-hydrogen) atoms. The summed E-state index contributed by atoms with van der Waals surface area (Å²) in [6.07, 6.45) is 1.34. The first kappa shape index (κ1) is 16.0. The van der Waals surface area contributed by atoms with Crippen LogP contribution in [0.3, 0.4) is 0 Å². The molecule has 0 aliphatic carbocycles. The lowest BCUT2D eigenvalue weighted by molar-refractivity contribution is 0.101. The maximum absolute atomic E-state index is 12.2. The second-order valence-electron chi connectivity index (χ2n) is 5.32. The van der Waals surface area contributed by atoms with Crippen LogP contribution in [0.2, 0.25) is 0 Å². The van der Waals surface area contributed by atoms with Crippen molar-refractivity contribution in [3.63, 3.8) is 0 Å². The third-order valence-electron chi connectivity index (χ3n) is 3.47. The highest BCUT2D eigenvalue weighted by Crippen LogP contribution is 2.21. The summed E-state index contributed by atoms with van der Waals surface area (Å²) >= 11 is 0. The highest BCUT2D eigenvalue weighted by Gasteiger charge is 2.26. The van der Waals surface area contributed by atoms with Crippen LogP contribution in [-0.2, 0) is 14.6 Å². The molecule has 1 aromatic carbocycles. The second kappa shape index (κ2) is 6.58. The molecule has 0 bridgehead atoms. The zero-order valence-corrected chi connectivity index (χ0v) is 13.1. The van der Waals surface area contributed by atoms with Gasteiger partial charge in [-0.1, -0.05) is 6.07 Å². The van der Waals surface area contributed by atoms with E-state index >= 15 is 0 Å². The van der Waals surface area contributed by atoms with Crippen LogP contribution in [-0.4, -0.2) is 45.5 Å². The van der Waals surface area contributed by atoms with Crippen LogP contribution in [0.4, 0.5) is 0 Å². The van der Waals surface area contributed by atoms with Crippen molar-refractivity contribution in [2.24, 2.45) is 0 Å². The number of sulfone groups is 1. The van der Waals surface area contributed by atoms with Crippen molar-refractivity contribution in [1.82, 2.24) is 0 Å². The standard InChI is InChI=1S/C15H20O5S/c1-11-5-6-13(15(8-11)19-2)14(16)10-21(17,18)9-12-4-3-7-20-12/h5-6,8,12H,3-4,7,9-10H2,1-2H3. The fourth-order valence-corrected chi connectivity index (χ4v) is 3.93. The van der Waals surface area contributed by atoms with Gasteiger partial charge >= 0.3 is 0 Å². The summed E-state index contributed by atoms with van der Waals surface area (Å²) < 4.78 is 34.7. The Morgan fingerprint density at radius 2 is 2.19 bits per heavy atom. The fourth-order valence-electron chi connectivity index (χ4n) is 2.42. The van der Waals surface area contributed by atoms with Gasteiger partial charge in [-0.05, 0) is 37.5 Å². The van der Waals surface area contributed by atoms with Crippen molar-refractivity contribution in [2.75, 3.05) is 25.2 Å². The molecule has 1 heterocycles. The van der Waals surface area contributed by atoms with Crippen LogP contribution < -0.4 is 4.74 Å². The molecule has 0 spiro atoms. The molecule has 1 saturated heterocycles. The van der Waals surface area contributed by atoms with Gasteiger partial charge in [-0.3, -0.25) is 4.79 Å². The minimum atomic E-state index is -3.48. The summed E-state index contributed by atoms with van der Waals surface area (Å²) in [6, 6.07) is 5.10. The molecule has 116 valence electrons. The lowest BCUT2D eigenvalue weighted by Crippen LogP contribution is -2.26. The normalized spacial score (nSPS) is 18.7. The largest absolute Gasteiger partial charge is 0.496 e. The predicted octanol–water partition coefficient (Wildman–Crippen LogP) is 1.78. The van der Waals surface area contributed by atoms with Crippen LogP contribution in [0.15, 0.2) is 18.2 Å². The number of ether oxygens (including phenoxy) is 2. The summed E-state index contributed by atoms with van der Waals surface area (Å²) in [5, 5.41) is 0. The minimum absolute atomic E-state index is 0.0904. The maximum atomic E-state index is 12.2. The molecule has 1 fully saturated rings. The van der Waals surface area contributed by atoms with Crippen molar-refractivity contribution in [3.05, 3.63) is 29.3 Å². The van der Waals surface area contributed by atoms with Gasteiger partial charge in [0.25, 0.3) is 0 Å². The molecule has 0 aromatic heterocycles. The number of hydrogen-bond acceptors (Lipinski definition) is 5. The van der Waals surface area contributed by atoms with Gasteiger partial charge in [0.2, 0.25) is 0 Å². The molecule has 1 atom stereocenters. The zero-order valence-electron chi connectivity index (χ0n) is 12.3. The van der Waals surface area contributed by atoms with E-state index in [0.29, 0.717) is 17.9 Å². The molecule has 1 unspecified atom stereocenters. The maximum Gasteiger partial charge on any atom is 0.181 e. The Balaban J connectivity index is 2.09. The number of Topliss-reactive ketones (excluding diaryl/α,β-unsaturated/α-hetero) is 1. The Hall–Kier alpha value is -1.40. The number of ketones is 1. The molecule has 1 aliphatic heterocycles. The number of benzene rings is 1. The van der Waals surface area contributed by atoms with E-state index < -0.39 is 21.4 Å². The summed E-state index contributed by atoms with van der Waals surface area (Å²) in [4.78, 5) is 12.2. The second-order valence-corrected chi connectivity index (χ2v) is 7.43. The molecule has 2 rings (SSSR count). The van der Waals surface area contributed by atoms with Crippen molar-refractivity contribution < 1.29 is 22.7 Å². The van der Waals surface area contributed by atoms with Gasteiger partial charge in [0.05, 0.1) is 24.5 Å². The zero-order chi connectivity index (χ0) is 15.5.